The Kier molecular flexibility index (Phi) is 2.40. The Morgan fingerprint density at radius 3 is 2.27 bits per heavy atom. The molecular weight excluding hydrogens is 219 g/mol. The van der Waals surface area contributed by atoms with E-state index in [-0.39, 0.29) is 5.82 Å². The van der Waals surface area contributed by atoms with Crippen LogP contribution in [0.3, 0.4) is 0 Å². The standard InChI is InChI=1S/C9H11FN2O2S/c1-11-6-7-12(15(11,13)14)9-4-2-8(10)3-5-9/h2-5H,6-7H2,1H3. The van der Waals surface area contributed by atoms with Gasteiger partial charge in [0.2, 0.25) is 0 Å². The smallest absolute Gasteiger partial charge is 0.256 e. The third-order valence-corrected chi connectivity index (χ3v) is 4.33. The van der Waals surface area contributed by atoms with Gasteiger partial charge in [0.15, 0.2) is 0 Å². The monoisotopic (exact) mass is 230 g/mol. The van der Waals surface area contributed by atoms with Crippen LogP contribution < -0.4 is 4.31 Å². The second-order valence-electron chi connectivity index (χ2n) is 3.38. The minimum Gasteiger partial charge on any atom is -0.256 e. The van der Waals surface area contributed by atoms with Crippen molar-refractivity contribution in [3.63, 3.8) is 0 Å². The molecule has 0 bridgehead atoms. The Hall–Kier alpha value is -1.14. The maximum atomic E-state index is 12.7. The van der Waals surface area contributed by atoms with E-state index in [0.29, 0.717) is 18.8 Å². The molecule has 0 saturated carbocycles. The molecule has 0 atom stereocenters. The Bertz CT molecular complexity index is 458. The van der Waals surface area contributed by atoms with E-state index in [1.165, 1.54) is 39.9 Å². The molecule has 1 saturated heterocycles. The van der Waals surface area contributed by atoms with Crippen LogP contribution in [0, 0.1) is 5.82 Å². The van der Waals surface area contributed by atoms with Crippen molar-refractivity contribution in [3.8, 4) is 0 Å². The van der Waals surface area contributed by atoms with Crippen LogP contribution in [0.15, 0.2) is 24.3 Å². The molecule has 1 aromatic carbocycles. The van der Waals surface area contributed by atoms with E-state index in [9.17, 15) is 12.8 Å². The highest BCUT2D eigenvalue weighted by atomic mass is 32.2. The quantitative estimate of drug-likeness (QED) is 0.716. The van der Waals surface area contributed by atoms with Crippen molar-refractivity contribution < 1.29 is 12.8 Å². The zero-order valence-electron chi connectivity index (χ0n) is 8.22. The zero-order valence-corrected chi connectivity index (χ0v) is 9.04. The van der Waals surface area contributed by atoms with Crippen LogP contribution in [-0.2, 0) is 10.2 Å². The highest BCUT2D eigenvalue weighted by molar-refractivity contribution is 7.90. The van der Waals surface area contributed by atoms with Crippen molar-refractivity contribution in [2.24, 2.45) is 0 Å². The molecule has 4 nitrogen and oxygen atoms in total. The van der Waals surface area contributed by atoms with Crippen LogP contribution in [0.1, 0.15) is 0 Å². The molecule has 0 amide bonds. The van der Waals surface area contributed by atoms with Crippen LogP contribution in [0.2, 0.25) is 0 Å². The van der Waals surface area contributed by atoms with Crippen LogP contribution in [0.4, 0.5) is 10.1 Å². The normalized spacial score (nSPS) is 20.8. The molecule has 0 radical (unpaired) electrons. The third kappa shape index (κ3) is 1.70. The number of hydrogen-bond donors (Lipinski definition) is 0. The number of rotatable bonds is 1. The highest BCUT2D eigenvalue weighted by Gasteiger charge is 2.33. The van der Waals surface area contributed by atoms with E-state index >= 15 is 0 Å². The number of anilines is 1. The molecule has 0 aliphatic carbocycles. The second-order valence-corrected chi connectivity index (χ2v) is 5.34. The molecule has 15 heavy (non-hydrogen) atoms. The lowest BCUT2D eigenvalue weighted by molar-refractivity contribution is 0.511. The van der Waals surface area contributed by atoms with E-state index in [4.69, 9.17) is 0 Å². The van der Waals surface area contributed by atoms with Gasteiger partial charge in [-0.3, -0.25) is 4.31 Å². The van der Waals surface area contributed by atoms with Gasteiger partial charge < -0.3 is 0 Å². The summed E-state index contributed by atoms with van der Waals surface area (Å²) in [5.41, 5.74) is 0.501. The average Bonchev–Trinajstić information content (AvgIpc) is 2.44. The summed E-state index contributed by atoms with van der Waals surface area (Å²) in [7, 11) is -1.86. The van der Waals surface area contributed by atoms with Gasteiger partial charge in [0.05, 0.1) is 5.69 Å². The van der Waals surface area contributed by atoms with Crippen molar-refractivity contribution in [2.45, 2.75) is 0 Å². The number of nitrogens with zero attached hydrogens (tertiary/aromatic N) is 2. The summed E-state index contributed by atoms with van der Waals surface area (Å²) >= 11 is 0. The third-order valence-electron chi connectivity index (χ3n) is 2.40. The van der Waals surface area contributed by atoms with Crippen molar-refractivity contribution in [3.05, 3.63) is 30.1 Å². The minimum atomic E-state index is -3.39. The van der Waals surface area contributed by atoms with Gasteiger partial charge in [-0.2, -0.15) is 12.7 Å². The van der Waals surface area contributed by atoms with Crippen molar-refractivity contribution in [2.75, 3.05) is 24.4 Å². The van der Waals surface area contributed by atoms with E-state index < -0.39 is 10.2 Å². The topological polar surface area (TPSA) is 40.6 Å². The fourth-order valence-electron chi connectivity index (χ4n) is 1.50. The molecule has 1 fully saturated rings. The van der Waals surface area contributed by atoms with Gasteiger partial charge in [0, 0.05) is 20.1 Å². The summed E-state index contributed by atoms with van der Waals surface area (Å²) in [6.45, 7) is 0.865. The molecule has 82 valence electrons. The van der Waals surface area contributed by atoms with Gasteiger partial charge in [-0.25, -0.2) is 4.39 Å². The molecule has 1 aromatic rings. The van der Waals surface area contributed by atoms with Crippen molar-refractivity contribution >= 4 is 15.9 Å². The Balaban J connectivity index is 2.37. The molecule has 0 aromatic heterocycles. The van der Waals surface area contributed by atoms with Gasteiger partial charge in [0.25, 0.3) is 0 Å². The van der Waals surface area contributed by atoms with Gasteiger partial charge in [0.1, 0.15) is 5.82 Å². The number of hydrogen-bond acceptors (Lipinski definition) is 2. The summed E-state index contributed by atoms with van der Waals surface area (Å²) in [6.07, 6.45) is 0. The van der Waals surface area contributed by atoms with Gasteiger partial charge in [-0.05, 0) is 24.3 Å². The predicted octanol–water partition coefficient (Wildman–Crippen LogP) is 0.822. The fraction of sp³-hybridized carbons (Fsp3) is 0.333. The van der Waals surface area contributed by atoms with Gasteiger partial charge >= 0.3 is 10.2 Å². The van der Waals surface area contributed by atoms with Crippen LogP contribution in [-0.4, -0.2) is 32.9 Å². The molecule has 1 aliphatic heterocycles. The summed E-state index contributed by atoms with van der Waals surface area (Å²) in [5.74, 6) is -0.372. The first-order valence-corrected chi connectivity index (χ1v) is 5.91. The largest absolute Gasteiger partial charge is 0.303 e. The van der Waals surface area contributed by atoms with Gasteiger partial charge in [-0.1, -0.05) is 0 Å². The summed E-state index contributed by atoms with van der Waals surface area (Å²) in [6, 6.07) is 5.43. The van der Waals surface area contributed by atoms with Crippen molar-refractivity contribution in [1.29, 1.82) is 0 Å². The Morgan fingerprint density at radius 2 is 1.80 bits per heavy atom. The number of halogens is 1. The first-order valence-electron chi connectivity index (χ1n) is 4.51. The average molecular weight is 230 g/mol. The molecule has 0 spiro atoms. The minimum absolute atomic E-state index is 0.372. The first-order chi connectivity index (χ1) is 7.01. The molecular formula is C9H11FN2O2S. The van der Waals surface area contributed by atoms with E-state index in [1.54, 1.807) is 0 Å². The van der Waals surface area contributed by atoms with Crippen LogP contribution in [0.25, 0.3) is 0 Å². The van der Waals surface area contributed by atoms with E-state index in [0.717, 1.165) is 0 Å². The van der Waals surface area contributed by atoms with E-state index in [1.807, 2.05) is 0 Å². The highest BCUT2D eigenvalue weighted by Crippen LogP contribution is 2.23. The van der Waals surface area contributed by atoms with Gasteiger partial charge in [-0.15, -0.1) is 0 Å². The molecule has 6 heteroatoms. The molecule has 0 N–H and O–H groups in total. The fourth-order valence-corrected chi connectivity index (χ4v) is 2.85. The summed E-state index contributed by atoms with van der Waals surface area (Å²) < 4.78 is 38.7. The second kappa shape index (κ2) is 3.46. The number of benzene rings is 1. The summed E-state index contributed by atoms with van der Waals surface area (Å²) in [4.78, 5) is 0. The molecule has 1 aliphatic rings. The lowest BCUT2D eigenvalue weighted by Crippen LogP contribution is -2.30. The molecule has 2 rings (SSSR count). The first kappa shape index (κ1) is 10.4. The number of likely N-dealkylation sites (N-methyl/N-ethyl adjacent to an activating group) is 1. The maximum absolute atomic E-state index is 12.7. The van der Waals surface area contributed by atoms with Crippen LogP contribution >= 0.6 is 0 Å². The summed E-state index contributed by atoms with van der Waals surface area (Å²) in [5, 5.41) is 0. The SMILES string of the molecule is CN1CCN(c2ccc(F)cc2)S1(=O)=O. The molecule has 1 heterocycles. The van der Waals surface area contributed by atoms with Crippen molar-refractivity contribution in [1.82, 2.24) is 4.31 Å². The lowest BCUT2D eigenvalue weighted by atomic mass is 10.3. The maximum Gasteiger partial charge on any atom is 0.303 e. The Morgan fingerprint density at radius 1 is 1.20 bits per heavy atom. The van der Waals surface area contributed by atoms with Crippen LogP contribution in [0.5, 0.6) is 0 Å². The Labute approximate surface area is 88.1 Å². The lowest BCUT2D eigenvalue weighted by Gasteiger charge is -2.17. The molecule has 0 unspecified atom stereocenters. The zero-order chi connectivity index (χ0) is 11.1. The van der Waals surface area contributed by atoms with E-state index in [2.05, 4.69) is 0 Å². The predicted molar refractivity (Wildman–Crippen MR) is 55.3 cm³/mol.